The summed E-state index contributed by atoms with van der Waals surface area (Å²) in [6.07, 6.45) is 9.39. The van der Waals surface area contributed by atoms with Crippen LogP contribution in [0.15, 0.2) is 79.5 Å². The number of hydrogen-bond acceptors (Lipinski definition) is 3. The molecule has 1 heterocycles. The zero-order valence-electron chi connectivity index (χ0n) is 17.8. The highest BCUT2D eigenvalue weighted by Crippen LogP contribution is 2.27. The van der Waals surface area contributed by atoms with E-state index in [4.69, 9.17) is 4.74 Å². The Hall–Kier alpha value is -3.24. The van der Waals surface area contributed by atoms with Gasteiger partial charge in [-0.25, -0.2) is 9.37 Å². The number of aliphatic hydroxyl groups is 1. The van der Waals surface area contributed by atoms with E-state index < -0.39 is 0 Å². The lowest BCUT2D eigenvalue weighted by Crippen LogP contribution is -1.97. The molecule has 2 aromatic carbocycles. The number of hydrogen-bond donors (Lipinski definition) is 1. The van der Waals surface area contributed by atoms with E-state index in [1.807, 2.05) is 48.5 Å². The van der Waals surface area contributed by atoms with Crippen molar-refractivity contribution in [3.63, 3.8) is 0 Å². The first-order valence-electron chi connectivity index (χ1n) is 10.5. The molecule has 0 aliphatic rings. The van der Waals surface area contributed by atoms with Crippen molar-refractivity contribution in [3.05, 3.63) is 90.9 Å². The van der Waals surface area contributed by atoms with Gasteiger partial charge in [0.2, 0.25) is 5.88 Å². The third kappa shape index (κ3) is 6.63. The maximum absolute atomic E-state index is 14.5. The fraction of sp³-hybridized carbons (Fsp3) is 0.222. The molecular formula is C27H28FNO2. The lowest BCUT2D eigenvalue weighted by molar-refractivity contribution is 0.182. The molecule has 31 heavy (non-hydrogen) atoms. The van der Waals surface area contributed by atoms with E-state index in [-0.39, 0.29) is 11.9 Å². The van der Waals surface area contributed by atoms with Gasteiger partial charge in [0.15, 0.2) is 0 Å². The lowest BCUT2D eigenvalue weighted by atomic mass is 10.00. The van der Waals surface area contributed by atoms with Crippen LogP contribution in [-0.4, -0.2) is 22.8 Å². The van der Waals surface area contributed by atoms with Crippen molar-refractivity contribution in [3.8, 4) is 28.1 Å². The van der Waals surface area contributed by atoms with E-state index in [9.17, 15) is 9.50 Å². The maximum Gasteiger partial charge on any atom is 0.213 e. The number of allylic oxidation sites excluding steroid dienone is 1. The Balaban J connectivity index is 1.66. The Bertz CT molecular complexity index is 1010. The summed E-state index contributed by atoms with van der Waals surface area (Å²) in [5.74, 6) is 0.320. The lowest BCUT2D eigenvalue weighted by Gasteiger charge is -2.07. The van der Waals surface area contributed by atoms with Crippen molar-refractivity contribution >= 4 is 6.08 Å². The van der Waals surface area contributed by atoms with Gasteiger partial charge in [0.1, 0.15) is 12.4 Å². The summed E-state index contributed by atoms with van der Waals surface area (Å²) in [5, 5.41) is 9.28. The van der Waals surface area contributed by atoms with Gasteiger partial charge in [-0.2, -0.15) is 0 Å². The van der Waals surface area contributed by atoms with Gasteiger partial charge in [-0.05, 0) is 55.0 Å². The molecule has 0 saturated heterocycles. The van der Waals surface area contributed by atoms with Crippen molar-refractivity contribution < 1.29 is 14.2 Å². The number of halogens is 1. The minimum atomic E-state index is -0.289. The van der Waals surface area contributed by atoms with Crippen molar-refractivity contribution in [2.75, 3.05) is 6.61 Å². The molecule has 0 spiro atoms. The number of ether oxygens (including phenoxy) is 1. The monoisotopic (exact) mass is 417 g/mol. The largest absolute Gasteiger partial charge is 0.473 e. The second-order valence-corrected chi connectivity index (χ2v) is 7.48. The smallest absolute Gasteiger partial charge is 0.213 e. The number of pyridine rings is 1. The molecule has 3 rings (SSSR count). The minimum Gasteiger partial charge on any atom is -0.473 e. The highest BCUT2D eigenvalue weighted by Gasteiger charge is 2.05. The predicted molar refractivity (Wildman–Crippen MR) is 125 cm³/mol. The van der Waals surface area contributed by atoms with E-state index >= 15 is 0 Å². The number of aromatic nitrogens is 1. The molecule has 1 atom stereocenters. The van der Waals surface area contributed by atoms with Crippen molar-refractivity contribution in [2.45, 2.75) is 32.3 Å². The molecule has 0 amide bonds. The number of benzene rings is 2. The summed E-state index contributed by atoms with van der Waals surface area (Å²) in [6, 6.07) is 17.1. The van der Waals surface area contributed by atoms with Crippen LogP contribution in [-0.2, 0) is 0 Å². The van der Waals surface area contributed by atoms with Crippen LogP contribution in [0.4, 0.5) is 4.39 Å². The second kappa shape index (κ2) is 11.2. The first-order chi connectivity index (χ1) is 15.1. The van der Waals surface area contributed by atoms with Gasteiger partial charge in [-0.1, -0.05) is 61.2 Å². The molecule has 0 bridgehead atoms. The molecule has 0 aliphatic carbocycles. The molecular weight excluding hydrogens is 389 g/mol. The summed E-state index contributed by atoms with van der Waals surface area (Å²) in [7, 11) is 0. The Morgan fingerprint density at radius 1 is 1.03 bits per heavy atom. The first kappa shape index (κ1) is 22.4. The van der Waals surface area contributed by atoms with E-state index in [0.717, 1.165) is 41.5 Å². The van der Waals surface area contributed by atoms with E-state index in [1.165, 1.54) is 0 Å². The summed E-state index contributed by atoms with van der Waals surface area (Å²) < 4.78 is 19.9. The second-order valence-electron chi connectivity index (χ2n) is 7.48. The normalized spacial score (nSPS) is 12.1. The Kier molecular flexibility index (Phi) is 8.13. The molecule has 0 aliphatic heterocycles. The predicted octanol–water partition coefficient (Wildman–Crippen LogP) is 6.68. The fourth-order valence-electron chi connectivity index (χ4n) is 3.22. The molecule has 0 radical (unpaired) electrons. The Morgan fingerprint density at radius 2 is 1.71 bits per heavy atom. The van der Waals surface area contributed by atoms with Crippen molar-refractivity contribution in [1.29, 1.82) is 0 Å². The van der Waals surface area contributed by atoms with Crippen LogP contribution in [0.3, 0.4) is 0 Å². The summed E-state index contributed by atoms with van der Waals surface area (Å²) in [6.45, 7) is 5.83. The molecule has 3 aromatic rings. The number of aliphatic hydroxyl groups excluding tert-OH is 1. The van der Waals surface area contributed by atoms with Gasteiger partial charge >= 0.3 is 0 Å². The van der Waals surface area contributed by atoms with Crippen LogP contribution in [0.2, 0.25) is 0 Å². The summed E-state index contributed by atoms with van der Waals surface area (Å²) in [5.41, 5.74) is 4.38. The molecule has 160 valence electrons. The maximum atomic E-state index is 14.5. The zero-order chi connectivity index (χ0) is 22.1. The molecule has 0 fully saturated rings. The average molecular weight is 418 g/mol. The van der Waals surface area contributed by atoms with Crippen LogP contribution in [0.5, 0.6) is 5.88 Å². The van der Waals surface area contributed by atoms with Gasteiger partial charge in [-0.3, -0.25) is 0 Å². The third-order valence-corrected chi connectivity index (χ3v) is 4.93. The van der Waals surface area contributed by atoms with Crippen LogP contribution in [0.1, 0.15) is 31.7 Å². The molecule has 1 unspecified atom stereocenters. The standard InChI is InChI=1S/C27H28FNO2/c1-3-17-31-27-16-15-25(19-29-27)22-11-9-21(10-12-22)24-14-13-23(26(28)18-24)8-6-4-5-7-20(2)30/h3,6,8-16,18-20,30H,1,4-5,7,17H2,2H3/b8-6+. The number of rotatable bonds is 10. The van der Waals surface area contributed by atoms with E-state index in [2.05, 4.69) is 11.6 Å². The van der Waals surface area contributed by atoms with Gasteiger partial charge in [-0.15, -0.1) is 0 Å². The summed E-state index contributed by atoms with van der Waals surface area (Å²) in [4.78, 5) is 4.30. The molecule has 0 saturated carbocycles. The SMILES string of the molecule is C=CCOc1ccc(-c2ccc(-c3ccc(/C=C/CCCC(C)O)c(F)c3)cc2)cn1. The minimum absolute atomic E-state index is 0.243. The van der Waals surface area contributed by atoms with Gasteiger partial charge in [0, 0.05) is 23.4 Å². The zero-order valence-corrected chi connectivity index (χ0v) is 17.8. The topological polar surface area (TPSA) is 42.4 Å². The van der Waals surface area contributed by atoms with Crippen LogP contribution in [0, 0.1) is 5.82 Å². The quantitative estimate of drug-likeness (QED) is 0.295. The van der Waals surface area contributed by atoms with Gasteiger partial charge in [0.05, 0.1) is 6.10 Å². The summed E-state index contributed by atoms with van der Waals surface area (Å²) >= 11 is 0. The van der Waals surface area contributed by atoms with Crippen molar-refractivity contribution in [2.24, 2.45) is 0 Å². The first-order valence-corrected chi connectivity index (χ1v) is 10.5. The van der Waals surface area contributed by atoms with E-state index in [1.54, 1.807) is 37.4 Å². The van der Waals surface area contributed by atoms with Crippen LogP contribution in [0.25, 0.3) is 28.3 Å². The van der Waals surface area contributed by atoms with Crippen LogP contribution >= 0.6 is 0 Å². The van der Waals surface area contributed by atoms with Gasteiger partial charge < -0.3 is 9.84 Å². The molecule has 1 aromatic heterocycles. The van der Waals surface area contributed by atoms with Gasteiger partial charge in [0.25, 0.3) is 0 Å². The van der Waals surface area contributed by atoms with E-state index in [0.29, 0.717) is 18.1 Å². The fourth-order valence-corrected chi connectivity index (χ4v) is 3.22. The molecule has 4 heteroatoms. The highest BCUT2D eigenvalue weighted by atomic mass is 19.1. The number of nitrogens with zero attached hydrogens (tertiary/aromatic N) is 1. The molecule has 1 N–H and O–H groups in total. The van der Waals surface area contributed by atoms with Crippen LogP contribution < -0.4 is 4.74 Å². The third-order valence-electron chi connectivity index (χ3n) is 4.93. The molecule has 3 nitrogen and oxygen atoms in total. The Morgan fingerprint density at radius 3 is 2.32 bits per heavy atom. The average Bonchev–Trinajstić information content (AvgIpc) is 2.78. The Labute approximate surface area is 183 Å². The highest BCUT2D eigenvalue weighted by molar-refractivity contribution is 5.71. The van der Waals surface area contributed by atoms with Crippen molar-refractivity contribution in [1.82, 2.24) is 4.98 Å². The number of unbranched alkanes of at least 4 members (excludes halogenated alkanes) is 1.